The van der Waals surface area contributed by atoms with E-state index in [-0.39, 0.29) is 29.5 Å². The number of hydrogen-bond donors (Lipinski definition) is 4. The zero-order valence-electron chi connectivity index (χ0n) is 24.1. The number of amides is 3. The summed E-state index contributed by atoms with van der Waals surface area (Å²) in [6.07, 6.45) is -1.69. The highest BCUT2D eigenvalue weighted by Crippen LogP contribution is 2.40. The van der Waals surface area contributed by atoms with E-state index in [0.29, 0.717) is 17.7 Å². The van der Waals surface area contributed by atoms with Crippen LogP contribution in [0, 0.1) is 19.7 Å². The summed E-state index contributed by atoms with van der Waals surface area (Å²) in [6.45, 7) is 7.58. The molecule has 8 nitrogen and oxygen atoms in total. The second-order valence-corrected chi connectivity index (χ2v) is 12.6. The lowest BCUT2D eigenvalue weighted by atomic mass is 9.96. The monoisotopic (exact) mass is 593 g/mol. The molecule has 4 N–H and O–H groups in total. The van der Waals surface area contributed by atoms with E-state index in [2.05, 4.69) is 10.6 Å². The number of phenolic OH excluding ortho intramolecular Hbond substituents is 1. The molecule has 0 aromatic heterocycles. The van der Waals surface area contributed by atoms with E-state index < -0.39 is 40.6 Å². The Balaban J connectivity index is 1.57. The fourth-order valence-corrected chi connectivity index (χ4v) is 6.21. The number of nitrogens with zero attached hydrogens (tertiary/aromatic N) is 1. The number of hydrogen-bond acceptors (Lipinski definition) is 6. The van der Waals surface area contributed by atoms with Gasteiger partial charge in [0.1, 0.15) is 17.6 Å². The van der Waals surface area contributed by atoms with Gasteiger partial charge in [0, 0.05) is 22.4 Å². The van der Waals surface area contributed by atoms with Gasteiger partial charge in [-0.1, -0.05) is 42.5 Å². The number of rotatable bonds is 9. The predicted molar refractivity (Wildman–Crippen MR) is 160 cm³/mol. The molecule has 0 spiro atoms. The van der Waals surface area contributed by atoms with Crippen LogP contribution in [0.25, 0.3) is 0 Å². The lowest BCUT2D eigenvalue weighted by molar-refractivity contribution is -0.147. The van der Waals surface area contributed by atoms with Gasteiger partial charge in [0.25, 0.3) is 11.8 Å². The fourth-order valence-electron chi connectivity index (χ4n) is 5.07. The minimum absolute atomic E-state index is 0.0192. The van der Waals surface area contributed by atoms with Crippen LogP contribution in [-0.4, -0.2) is 61.6 Å². The first-order valence-electron chi connectivity index (χ1n) is 13.7. The van der Waals surface area contributed by atoms with Crippen molar-refractivity contribution in [2.45, 2.75) is 63.6 Å². The second-order valence-electron chi connectivity index (χ2n) is 11.0. The van der Waals surface area contributed by atoms with Gasteiger partial charge in [0.2, 0.25) is 5.91 Å². The van der Waals surface area contributed by atoms with Crippen molar-refractivity contribution in [2.75, 3.05) is 5.88 Å². The van der Waals surface area contributed by atoms with Crippen molar-refractivity contribution in [2.24, 2.45) is 0 Å². The van der Waals surface area contributed by atoms with Gasteiger partial charge in [-0.2, -0.15) is 0 Å². The fraction of sp³-hybridized carbons (Fsp3) is 0.344. The summed E-state index contributed by atoms with van der Waals surface area (Å²) in [7, 11) is 0. The number of thioether (sulfide) groups is 1. The van der Waals surface area contributed by atoms with Crippen LogP contribution in [0.2, 0.25) is 0 Å². The molecule has 3 atom stereocenters. The van der Waals surface area contributed by atoms with E-state index in [1.54, 1.807) is 6.92 Å². The van der Waals surface area contributed by atoms with Crippen LogP contribution < -0.4 is 10.6 Å². The maximum atomic E-state index is 13.8. The zero-order valence-corrected chi connectivity index (χ0v) is 24.9. The van der Waals surface area contributed by atoms with Crippen LogP contribution in [0.15, 0.2) is 66.7 Å². The van der Waals surface area contributed by atoms with Gasteiger partial charge in [-0.3, -0.25) is 14.4 Å². The largest absolute Gasteiger partial charge is 0.508 e. The number of aryl methyl sites for hydroxylation is 1. The summed E-state index contributed by atoms with van der Waals surface area (Å²) < 4.78 is 12.9. The molecule has 1 fully saturated rings. The number of benzene rings is 3. The third-order valence-electron chi connectivity index (χ3n) is 7.66. The third kappa shape index (κ3) is 6.94. The SMILES string of the molecule is Cc1ccccc1CNC(=O)[C@H]1N(C(=O)[C@@H](O)[C@H](Cc2ccc(F)cc2)NC(=O)c2cccc(O)c2C)CSC1(C)C. The van der Waals surface area contributed by atoms with Crippen LogP contribution in [0.3, 0.4) is 0 Å². The molecule has 0 bridgehead atoms. The number of carbonyl (C=O) groups is 3. The number of aliphatic hydroxyl groups excluding tert-OH is 1. The average molecular weight is 594 g/mol. The van der Waals surface area contributed by atoms with Crippen LogP contribution >= 0.6 is 11.8 Å². The average Bonchev–Trinajstić information content (AvgIpc) is 3.28. The molecule has 1 heterocycles. The van der Waals surface area contributed by atoms with Crippen molar-refractivity contribution in [3.8, 4) is 5.75 Å². The molecule has 0 aliphatic carbocycles. The van der Waals surface area contributed by atoms with E-state index in [1.165, 1.54) is 59.1 Å². The van der Waals surface area contributed by atoms with Crippen LogP contribution in [0.4, 0.5) is 4.39 Å². The molecule has 0 radical (unpaired) electrons. The van der Waals surface area contributed by atoms with Gasteiger partial charge in [0.15, 0.2) is 6.10 Å². The molecule has 3 amide bonds. The Hall–Kier alpha value is -3.89. The molecule has 4 rings (SSSR count). The summed E-state index contributed by atoms with van der Waals surface area (Å²) in [6, 6.07) is 15.8. The Morgan fingerprint density at radius 2 is 1.74 bits per heavy atom. The van der Waals surface area contributed by atoms with Crippen molar-refractivity contribution in [3.63, 3.8) is 0 Å². The molecule has 0 saturated carbocycles. The van der Waals surface area contributed by atoms with Crippen LogP contribution in [0.5, 0.6) is 5.75 Å². The Bertz CT molecular complexity index is 1460. The summed E-state index contributed by atoms with van der Waals surface area (Å²) in [5.74, 6) is -1.97. The summed E-state index contributed by atoms with van der Waals surface area (Å²) in [4.78, 5) is 41.9. The van der Waals surface area contributed by atoms with E-state index >= 15 is 0 Å². The van der Waals surface area contributed by atoms with Crippen molar-refractivity contribution < 1.29 is 29.0 Å². The van der Waals surface area contributed by atoms with Gasteiger partial charge in [-0.25, -0.2) is 4.39 Å². The molecular weight excluding hydrogens is 557 g/mol. The highest BCUT2D eigenvalue weighted by atomic mass is 32.2. The molecule has 1 aliphatic rings. The Morgan fingerprint density at radius 3 is 2.43 bits per heavy atom. The van der Waals surface area contributed by atoms with Crippen LogP contribution in [-0.2, 0) is 22.6 Å². The molecule has 1 saturated heterocycles. The van der Waals surface area contributed by atoms with Gasteiger partial charge >= 0.3 is 0 Å². The number of aromatic hydroxyl groups is 1. The zero-order chi connectivity index (χ0) is 30.6. The number of halogens is 1. The molecular formula is C32H36FN3O5S. The smallest absolute Gasteiger partial charge is 0.254 e. The van der Waals surface area contributed by atoms with Gasteiger partial charge in [-0.15, -0.1) is 11.8 Å². The number of aliphatic hydroxyl groups is 1. The Morgan fingerprint density at radius 1 is 1.05 bits per heavy atom. The Kier molecular flexibility index (Phi) is 9.58. The van der Waals surface area contributed by atoms with Crippen molar-refractivity contribution >= 4 is 29.5 Å². The number of carbonyl (C=O) groups excluding carboxylic acids is 3. The predicted octanol–water partition coefficient (Wildman–Crippen LogP) is 3.85. The molecule has 3 aromatic carbocycles. The summed E-state index contributed by atoms with van der Waals surface area (Å²) >= 11 is 1.42. The van der Waals surface area contributed by atoms with E-state index in [4.69, 9.17) is 0 Å². The molecule has 10 heteroatoms. The first-order valence-corrected chi connectivity index (χ1v) is 14.7. The van der Waals surface area contributed by atoms with Gasteiger partial charge in [-0.05, 0) is 75.1 Å². The highest BCUT2D eigenvalue weighted by molar-refractivity contribution is 8.00. The van der Waals surface area contributed by atoms with Crippen molar-refractivity contribution in [1.29, 1.82) is 0 Å². The topological polar surface area (TPSA) is 119 Å². The Labute approximate surface area is 249 Å². The standard InChI is InChI=1S/C32H36FN3O5S/c1-19-8-5-6-9-22(19)17-34-30(40)28-32(3,4)42-18-36(28)31(41)27(38)25(16-21-12-14-23(33)15-13-21)35-29(39)24-10-7-11-26(37)20(24)2/h5-15,25,27-28,37-38H,16-18H2,1-4H3,(H,34,40)(H,35,39)/t25-,27-,28+/m0/s1. The maximum absolute atomic E-state index is 13.8. The lowest BCUT2D eigenvalue weighted by Crippen LogP contribution is -2.58. The number of nitrogens with one attached hydrogen (secondary N) is 2. The van der Waals surface area contributed by atoms with E-state index in [1.807, 2.05) is 45.0 Å². The summed E-state index contributed by atoms with van der Waals surface area (Å²) in [5, 5.41) is 27.2. The van der Waals surface area contributed by atoms with Crippen molar-refractivity contribution in [1.82, 2.24) is 15.5 Å². The normalized spacial score (nSPS) is 17.4. The molecule has 1 aliphatic heterocycles. The van der Waals surface area contributed by atoms with Gasteiger partial charge < -0.3 is 25.7 Å². The summed E-state index contributed by atoms with van der Waals surface area (Å²) in [5.41, 5.74) is 3.11. The maximum Gasteiger partial charge on any atom is 0.254 e. The highest BCUT2D eigenvalue weighted by Gasteiger charge is 2.49. The minimum Gasteiger partial charge on any atom is -0.508 e. The molecule has 3 aromatic rings. The quantitative estimate of drug-likeness (QED) is 0.299. The van der Waals surface area contributed by atoms with Crippen LogP contribution in [0.1, 0.15) is 46.5 Å². The second kappa shape index (κ2) is 13.0. The van der Waals surface area contributed by atoms with E-state index in [9.17, 15) is 29.0 Å². The van der Waals surface area contributed by atoms with E-state index in [0.717, 1.165) is 11.1 Å². The molecule has 222 valence electrons. The van der Waals surface area contributed by atoms with Crippen molar-refractivity contribution in [3.05, 3.63) is 100 Å². The van der Waals surface area contributed by atoms with Gasteiger partial charge in [0.05, 0.1) is 11.9 Å². The third-order valence-corrected chi connectivity index (χ3v) is 9.04. The first kappa shape index (κ1) is 31.1. The number of phenols is 1. The minimum atomic E-state index is -1.71. The molecule has 0 unspecified atom stereocenters. The first-order chi connectivity index (χ1) is 19.9. The lowest BCUT2D eigenvalue weighted by Gasteiger charge is -2.33. The molecule has 42 heavy (non-hydrogen) atoms.